The van der Waals surface area contributed by atoms with Gasteiger partial charge < -0.3 is 9.72 Å². The number of fused-ring (bicyclic) bond motifs is 1. The maximum Gasteiger partial charge on any atom is 0.362 e. The minimum atomic E-state index is -0.864. The molecule has 0 aliphatic rings. The summed E-state index contributed by atoms with van der Waals surface area (Å²) in [5.41, 5.74) is -1.39. The Labute approximate surface area is 106 Å². The van der Waals surface area contributed by atoms with Crippen LogP contribution in [0.4, 0.5) is 5.69 Å². The number of nitrogens with one attached hydrogen (secondary N) is 1. The number of rotatable bonds is 3. The van der Waals surface area contributed by atoms with Crippen molar-refractivity contribution in [1.82, 2.24) is 9.97 Å². The van der Waals surface area contributed by atoms with Crippen LogP contribution in [0.15, 0.2) is 23.0 Å². The van der Waals surface area contributed by atoms with Crippen LogP contribution in [-0.2, 0) is 4.74 Å². The van der Waals surface area contributed by atoms with E-state index >= 15 is 0 Å². The molecule has 0 fully saturated rings. The third-order valence-electron chi connectivity index (χ3n) is 2.37. The SMILES string of the molecule is CCOC(=O)c1nc2cccc([N+](=O)[O-])c2[nH]c1=O. The van der Waals surface area contributed by atoms with Gasteiger partial charge in [-0.05, 0) is 13.0 Å². The van der Waals surface area contributed by atoms with Gasteiger partial charge in [0, 0.05) is 6.07 Å². The van der Waals surface area contributed by atoms with Gasteiger partial charge in [-0.2, -0.15) is 0 Å². The molecule has 1 N–H and O–H groups in total. The number of ether oxygens (including phenoxy) is 1. The Morgan fingerprint density at radius 2 is 2.26 bits per heavy atom. The second kappa shape index (κ2) is 4.84. The van der Waals surface area contributed by atoms with E-state index in [2.05, 4.69) is 14.7 Å². The molecule has 19 heavy (non-hydrogen) atoms. The third-order valence-corrected chi connectivity index (χ3v) is 2.37. The van der Waals surface area contributed by atoms with Crippen LogP contribution in [-0.4, -0.2) is 27.5 Å². The highest BCUT2D eigenvalue weighted by Crippen LogP contribution is 2.20. The zero-order chi connectivity index (χ0) is 14.0. The molecule has 0 spiro atoms. The zero-order valence-corrected chi connectivity index (χ0v) is 9.87. The number of esters is 1. The summed E-state index contributed by atoms with van der Waals surface area (Å²) in [6.45, 7) is 1.70. The lowest BCUT2D eigenvalue weighted by atomic mass is 10.2. The summed E-state index contributed by atoms with van der Waals surface area (Å²) < 4.78 is 4.68. The molecule has 0 radical (unpaired) electrons. The summed E-state index contributed by atoms with van der Waals surface area (Å²) in [6, 6.07) is 4.12. The van der Waals surface area contributed by atoms with E-state index in [0.29, 0.717) is 0 Å². The Morgan fingerprint density at radius 3 is 2.89 bits per heavy atom. The lowest BCUT2D eigenvalue weighted by Crippen LogP contribution is -2.22. The monoisotopic (exact) mass is 263 g/mol. The van der Waals surface area contributed by atoms with Crippen LogP contribution >= 0.6 is 0 Å². The van der Waals surface area contributed by atoms with Gasteiger partial charge in [0.15, 0.2) is 0 Å². The minimum Gasteiger partial charge on any atom is -0.461 e. The first kappa shape index (κ1) is 12.7. The van der Waals surface area contributed by atoms with Crippen LogP contribution < -0.4 is 5.56 Å². The number of carbonyl (C=O) groups excluding carboxylic acids is 1. The molecule has 0 bridgehead atoms. The number of nitrogens with zero attached hydrogens (tertiary/aromatic N) is 2. The molecule has 8 heteroatoms. The molecule has 1 heterocycles. The molecule has 98 valence electrons. The maximum absolute atomic E-state index is 11.7. The molecule has 8 nitrogen and oxygen atoms in total. The fourth-order valence-corrected chi connectivity index (χ4v) is 1.58. The fourth-order valence-electron chi connectivity index (χ4n) is 1.58. The Balaban J connectivity index is 2.68. The molecule has 0 amide bonds. The highest BCUT2D eigenvalue weighted by atomic mass is 16.6. The number of para-hydroxylation sites is 1. The average molecular weight is 263 g/mol. The summed E-state index contributed by atoms with van der Waals surface area (Å²) in [6.07, 6.45) is 0. The van der Waals surface area contributed by atoms with Crippen molar-refractivity contribution in [2.45, 2.75) is 6.92 Å². The first-order valence-electron chi connectivity index (χ1n) is 5.39. The molecule has 2 aromatic rings. The van der Waals surface area contributed by atoms with E-state index < -0.39 is 22.1 Å². The number of hydrogen-bond acceptors (Lipinski definition) is 6. The van der Waals surface area contributed by atoms with E-state index in [4.69, 9.17) is 0 Å². The predicted octanol–water partition coefficient (Wildman–Crippen LogP) is 1.01. The normalized spacial score (nSPS) is 10.4. The second-order valence-electron chi connectivity index (χ2n) is 3.56. The van der Waals surface area contributed by atoms with Crippen LogP contribution in [0, 0.1) is 10.1 Å². The van der Waals surface area contributed by atoms with E-state index in [-0.39, 0.29) is 23.3 Å². The summed E-state index contributed by atoms with van der Waals surface area (Å²) >= 11 is 0. The molecule has 0 saturated heterocycles. The topological polar surface area (TPSA) is 115 Å². The van der Waals surface area contributed by atoms with Crippen LogP contribution in [0.5, 0.6) is 0 Å². The van der Waals surface area contributed by atoms with Gasteiger partial charge in [0.05, 0.1) is 17.0 Å². The van der Waals surface area contributed by atoms with E-state index in [1.165, 1.54) is 18.2 Å². The summed E-state index contributed by atoms with van der Waals surface area (Å²) in [4.78, 5) is 39.4. The van der Waals surface area contributed by atoms with Crippen molar-refractivity contribution in [3.63, 3.8) is 0 Å². The van der Waals surface area contributed by atoms with E-state index in [1.807, 2.05) is 0 Å². The Morgan fingerprint density at radius 1 is 1.53 bits per heavy atom. The van der Waals surface area contributed by atoms with Crippen LogP contribution in [0.3, 0.4) is 0 Å². The van der Waals surface area contributed by atoms with E-state index in [9.17, 15) is 19.7 Å². The maximum atomic E-state index is 11.7. The standard InChI is InChI=1S/C11H9N3O5/c1-2-19-11(16)9-10(15)13-8-6(12-9)4-3-5-7(8)14(17)18/h3-5H,2H2,1H3,(H,13,15). The molecule has 0 aliphatic heterocycles. The number of hydrogen-bond donors (Lipinski definition) is 1. The van der Waals surface area contributed by atoms with Gasteiger partial charge in [0.2, 0.25) is 5.69 Å². The number of aromatic amines is 1. The van der Waals surface area contributed by atoms with Gasteiger partial charge in [-0.15, -0.1) is 0 Å². The van der Waals surface area contributed by atoms with Gasteiger partial charge >= 0.3 is 5.97 Å². The minimum absolute atomic E-state index is 0.0226. The lowest BCUT2D eigenvalue weighted by Gasteiger charge is -2.02. The van der Waals surface area contributed by atoms with Crippen molar-refractivity contribution in [1.29, 1.82) is 0 Å². The van der Waals surface area contributed by atoms with Crippen LogP contribution in [0.1, 0.15) is 17.4 Å². The van der Waals surface area contributed by atoms with Gasteiger partial charge in [-0.3, -0.25) is 14.9 Å². The van der Waals surface area contributed by atoms with E-state index in [1.54, 1.807) is 6.92 Å². The molecule has 0 saturated carbocycles. The summed E-state index contributed by atoms with van der Waals surface area (Å²) in [7, 11) is 0. The predicted molar refractivity (Wildman–Crippen MR) is 65.0 cm³/mol. The average Bonchev–Trinajstić information content (AvgIpc) is 2.37. The van der Waals surface area contributed by atoms with Gasteiger partial charge in [0.25, 0.3) is 11.2 Å². The quantitative estimate of drug-likeness (QED) is 0.502. The largest absolute Gasteiger partial charge is 0.461 e. The first-order chi connectivity index (χ1) is 9.04. The number of non-ortho nitro benzene ring substituents is 1. The van der Waals surface area contributed by atoms with Crippen molar-refractivity contribution < 1.29 is 14.5 Å². The van der Waals surface area contributed by atoms with Crippen molar-refractivity contribution in [3.8, 4) is 0 Å². The number of carbonyl (C=O) groups is 1. The second-order valence-corrected chi connectivity index (χ2v) is 3.56. The lowest BCUT2D eigenvalue weighted by molar-refractivity contribution is -0.383. The van der Waals surface area contributed by atoms with Gasteiger partial charge in [-0.1, -0.05) is 6.07 Å². The summed E-state index contributed by atoms with van der Waals surface area (Å²) in [5.74, 6) is -0.864. The number of H-pyrrole nitrogens is 1. The number of nitro benzene ring substituents is 1. The highest BCUT2D eigenvalue weighted by Gasteiger charge is 2.19. The van der Waals surface area contributed by atoms with Gasteiger partial charge in [-0.25, -0.2) is 9.78 Å². The van der Waals surface area contributed by atoms with Crippen molar-refractivity contribution in [3.05, 3.63) is 44.4 Å². The summed E-state index contributed by atoms with van der Waals surface area (Å²) in [5, 5.41) is 10.8. The van der Waals surface area contributed by atoms with Crippen molar-refractivity contribution >= 4 is 22.7 Å². The van der Waals surface area contributed by atoms with E-state index in [0.717, 1.165) is 0 Å². The zero-order valence-electron chi connectivity index (χ0n) is 9.87. The molecule has 1 aromatic heterocycles. The Bertz CT molecular complexity index is 722. The highest BCUT2D eigenvalue weighted by molar-refractivity contribution is 5.91. The molecule has 0 atom stereocenters. The third kappa shape index (κ3) is 2.28. The smallest absolute Gasteiger partial charge is 0.362 e. The number of nitro groups is 1. The van der Waals surface area contributed by atoms with Crippen LogP contribution in [0.2, 0.25) is 0 Å². The number of aromatic nitrogens is 2. The van der Waals surface area contributed by atoms with Crippen molar-refractivity contribution in [2.24, 2.45) is 0 Å². The number of benzene rings is 1. The molecule has 2 rings (SSSR count). The van der Waals surface area contributed by atoms with Crippen molar-refractivity contribution in [2.75, 3.05) is 6.61 Å². The first-order valence-corrected chi connectivity index (χ1v) is 5.39. The van der Waals surface area contributed by atoms with Gasteiger partial charge in [0.1, 0.15) is 5.52 Å². The van der Waals surface area contributed by atoms with Crippen LogP contribution in [0.25, 0.3) is 11.0 Å². The Hall–Kier alpha value is -2.77. The Kier molecular flexibility index (Phi) is 3.23. The molecular formula is C11H9N3O5. The molecule has 1 aromatic carbocycles. The molecular weight excluding hydrogens is 254 g/mol. The molecule has 0 aliphatic carbocycles. The molecule has 0 unspecified atom stereocenters. The fraction of sp³-hybridized carbons (Fsp3) is 0.182.